The number of carbonyl (C=O) groups excluding carboxylic acids is 1. The van der Waals surface area contributed by atoms with Crippen LogP contribution in [0.1, 0.15) is 63.0 Å². The second kappa shape index (κ2) is 7.80. The van der Waals surface area contributed by atoms with Crippen molar-refractivity contribution in [2.75, 3.05) is 13.1 Å². The van der Waals surface area contributed by atoms with Crippen LogP contribution in [0.25, 0.3) is 0 Å². The first kappa shape index (κ1) is 17.6. The van der Waals surface area contributed by atoms with Crippen molar-refractivity contribution in [1.82, 2.24) is 20.2 Å². The fraction of sp³-hybridized carbons (Fsp3) is 0.667. The van der Waals surface area contributed by atoms with E-state index in [1.807, 2.05) is 11.0 Å². The Bertz CT molecular complexity index is 602. The average Bonchev–Trinajstić information content (AvgIpc) is 2.62. The van der Waals surface area contributed by atoms with Crippen molar-refractivity contribution in [1.29, 1.82) is 0 Å². The second-order valence-corrected chi connectivity index (χ2v) is 7.26. The summed E-state index contributed by atoms with van der Waals surface area (Å²) in [4.78, 5) is 34.2. The van der Waals surface area contributed by atoms with Crippen molar-refractivity contribution in [2.45, 2.75) is 62.8 Å². The zero-order valence-electron chi connectivity index (χ0n) is 14.5. The molecule has 1 saturated heterocycles. The van der Waals surface area contributed by atoms with E-state index in [4.69, 9.17) is 0 Å². The number of hydrogen-bond acceptors (Lipinski definition) is 4. The quantitative estimate of drug-likeness (QED) is 0.873. The summed E-state index contributed by atoms with van der Waals surface area (Å²) in [6.45, 7) is 1.32. The fourth-order valence-corrected chi connectivity index (χ4v) is 4.12. The van der Waals surface area contributed by atoms with Gasteiger partial charge in [-0.1, -0.05) is 19.3 Å². The summed E-state index contributed by atoms with van der Waals surface area (Å²) >= 11 is 0. The number of carbonyl (C=O) groups is 2. The second-order valence-electron chi connectivity index (χ2n) is 7.26. The molecule has 2 heterocycles. The van der Waals surface area contributed by atoms with E-state index >= 15 is 0 Å². The summed E-state index contributed by atoms with van der Waals surface area (Å²) in [6.07, 6.45) is 9.73. The molecule has 7 nitrogen and oxygen atoms in total. The van der Waals surface area contributed by atoms with E-state index < -0.39 is 11.5 Å². The first-order chi connectivity index (χ1) is 12.1. The van der Waals surface area contributed by atoms with Crippen LogP contribution in [0.15, 0.2) is 18.6 Å². The number of hydrogen-bond donors (Lipinski definition) is 2. The van der Waals surface area contributed by atoms with Crippen molar-refractivity contribution < 1.29 is 14.7 Å². The van der Waals surface area contributed by atoms with E-state index in [0.717, 1.165) is 50.6 Å². The summed E-state index contributed by atoms with van der Waals surface area (Å²) in [6, 6.07) is 1.76. The van der Waals surface area contributed by atoms with Gasteiger partial charge in [0.2, 0.25) is 0 Å². The van der Waals surface area contributed by atoms with Gasteiger partial charge in [0, 0.05) is 30.9 Å². The van der Waals surface area contributed by atoms with Gasteiger partial charge in [0.15, 0.2) is 0 Å². The molecule has 1 saturated carbocycles. The lowest BCUT2D eigenvalue weighted by molar-refractivity contribution is -0.139. The molecule has 0 aromatic carbocycles. The molecule has 2 fully saturated rings. The first-order valence-electron chi connectivity index (χ1n) is 9.13. The van der Waals surface area contributed by atoms with Gasteiger partial charge < -0.3 is 15.3 Å². The van der Waals surface area contributed by atoms with E-state index in [2.05, 4.69) is 15.3 Å². The SMILES string of the molecule is O=C(O)CC1(NC(=O)N2CCCC(c3ccncn3)C2)CCCCC1. The van der Waals surface area contributed by atoms with Crippen LogP contribution >= 0.6 is 0 Å². The van der Waals surface area contributed by atoms with E-state index in [1.54, 1.807) is 6.20 Å². The summed E-state index contributed by atoms with van der Waals surface area (Å²) in [5.41, 5.74) is 0.369. The fourth-order valence-electron chi connectivity index (χ4n) is 4.12. The van der Waals surface area contributed by atoms with Crippen molar-refractivity contribution in [3.63, 3.8) is 0 Å². The van der Waals surface area contributed by atoms with E-state index in [-0.39, 0.29) is 18.4 Å². The molecule has 0 radical (unpaired) electrons. The first-order valence-corrected chi connectivity index (χ1v) is 9.13. The monoisotopic (exact) mass is 346 g/mol. The highest BCUT2D eigenvalue weighted by Gasteiger charge is 2.37. The summed E-state index contributed by atoms with van der Waals surface area (Å²) in [5.74, 6) is -0.635. The number of likely N-dealkylation sites (tertiary alicyclic amines) is 1. The Balaban J connectivity index is 1.65. The molecule has 1 aliphatic heterocycles. The van der Waals surface area contributed by atoms with Crippen LogP contribution in [0.3, 0.4) is 0 Å². The molecule has 1 aliphatic carbocycles. The molecule has 2 N–H and O–H groups in total. The van der Waals surface area contributed by atoms with E-state index in [0.29, 0.717) is 13.1 Å². The van der Waals surface area contributed by atoms with Crippen LogP contribution < -0.4 is 5.32 Å². The van der Waals surface area contributed by atoms with Gasteiger partial charge in [-0.2, -0.15) is 0 Å². The number of carboxylic acids is 1. The zero-order valence-corrected chi connectivity index (χ0v) is 14.5. The van der Waals surface area contributed by atoms with Gasteiger partial charge in [-0.3, -0.25) is 4.79 Å². The minimum atomic E-state index is -0.847. The predicted octanol–water partition coefficient (Wildman–Crippen LogP) is 2.54. The molecule has 1 atom stereocenters. The summed E-state index contributed by atoms with van der Waals surface area (Å²) < 4.78 is 0. The molecule has 25 heavy (non-hydrogen) atoms. The van der Waals surface area contributed by atoms with Crippen molar-refractivity contribution in [2.24, 2.45) is 0 Å². The smallest absolute Gasteiger partial charge is 0.317 e. The third kappa shape index (κ3) is 4.46. The number of amides is 2. The molecule has 1 unspecified atom stereocenters. The molecule has 1 aromatic rings. The maximum Gasteiger partial charge on any atom is 0.317 e. The van der Waals surface area contributed by atoms with Crippen LogP contribution in [0, 0.1) is 0 Å². The van der Waals surface area contributed by atoms with Gasteiger partial charge in [-0.15, -0.1) is 0 Å². The average molecular weight is 346 g/mol. The van der Waals surface area contributed by atoms with Gasteiger partial charge in [0.05, 0.1) is 12.0 Å². The predicted molar refractivity (Wildman–Crippen MR) is 92.2 cm³/mol. The summed E-state index contributed by atoms with van der Waals surface area (Å²) in [5, 5.41) is 12.3. The van der Waals surface area contributed by atoms with Gasteiger partial charge in [-0.25, -0.2) is 14.8 Å². The Kier molecular flexibility index (Phi) is 5.50. The number of nitrogens with zero attached hydrogens (tertiary/aromatic N) is 3. The molecular formula is C18H26N4O3. The topological polar surface area (TPSA) is 95.4 Å². The van der Waals surface area contributed by atoms with Crippen LogP contribution in [-0.4, -0.2) is 50.6 Å². The Morgan fingerprint density at radius 3 is 2.76 bits per heavy atom. The number of urea groups is 1. The third-order valence-corrected chi connectivity index (χ3v) is 5.40. The number of carboxylic acid groups (broad SMARTS) is 1. The molecule has 0 bridgehead atoms. The van der Waals surface area contributed by atoms with Gasteiger partial charge >= 0.3 is 12.0 Å². The minimum Gasteiger partial charge on any atom is -0.481 e. The lowest BCUT2D eigenvalue weighted by Gasteiger charge is -2.40. The number of aromatic nitrogens is 2. The molecule has 2 amide bonds. The van der Waals surface area contributed by atoms with Crippen LogP contribution in [0.2, 0.25) is 0 Å². The van der Waals surface area contributed by atoms with Crippen LogP contribution in [-0.2, 0) is 4.79 Å². The van der Waals surface area contributed by atoms with Crippen LogP contribution in [0.4, 0.5) is 4.79 Å². The normalized spacial score (nSPS) is 23.0. The standard InChI is InChI=1S/C18H26N4O3/c23-16(24)11-18(7-2-1-3-8-18)21-17(25)22-10-4-5-14(12-22)15-6-9-19-13-20-15/h6,9,13-14H,1-5,7-8,10-12H2,(H,21,25)(H,23,24). The summed E-state index contributed by atoms with van der Waals surface area (Å²) in [7, 11) is 0. The minimum absolute atomic E-state index is 0.00190. The highest BCUT2D eigenvalue weighted by Crippen LogP contribution is 2.32. The molecule has 2 aliphatic rings. The third-order valence-electron chi connectivity index (χ3n) is 5.40. The number of nitrogens with one attached hydrogen (secondary N) is 1. The van der Waals surface area contributed by atoms with Crippen molar-refractivity contribution in [3.8, 4) is 0 Å². The Morgan fingerprint density at radius 2 is 2.08 bits per heavy atom. The molecule has 7 heteroatoms. The molecule has 0 spiro atoms. The van der Waals surface area contributed by atoms with E-state index in [1.165, 1.54) is 6.33 Å². The molecule has 3 rings (SSSR count). The van der Waals surface area contributed by atoms with Crippen molar-refractivity contribution >= 4 is 12.0 Å². The molecule has 136 valence electrons. The maximum absolute atomic E-state index is 12.8. The highest BCUT2D eigenvalue weighted by atomic mass is 16.4. The molecule has 1 aromatic heterocycles. The van der Waals surface area contributed by atoms with Gasteiger partial charge in [0.1, 0.15) is 6.33 Å². The Hall–Kier alpha value is -2.18. The van der Waals surface area contributed by atoms with E-state index in [9.17, 15) is 14.7 Å². The zero-order chi connectivity index (χ0) is 17.7. The lowest BCUT2D eigenvalue weighted by atomic mass is 9.79. The largest absolute Gasteiger partial charge is 0.481 e. The lowest BCUT2D eigenvalue weighted by Crippen LogP contribution is -2.56. The number of aliphatic carboxylic acids is 1. The number of rotatable bonds is 4. The molecular weight excluding hydrogens is 320 g/mol. The highest BCUT2D eigenvalue weighted by molar-refractivity contribution is 5.77. The maximum atomic E-state index is 12.8. The Morgan fingerprint density at radius 1 is 1.28 bits per heavy atom. The Labute approximate surface area is 147 Å². The number of piperidine rings is 1. The van der Waals surface area contributed by atoms with Gasteiger partial charge in [-0.05, 0) is 31.7 Å². The van der Waals surface area contributed by atoms with Gasteiger partial charge in [0.25, 0.3) is 0 Å². The van der Waals surface area contributed by atoms with Crippen molar-refractivity contribution in [3.05, 3.63) is 24.3 Å². The van der Waals surface area contributed by atoms with Crippen LogP contribution in [0.5, 0.6) is 0 Å².